The fourth-order valence-corrected chi connectivity index (χ4v) is 2.28. The van der Waals surface area contributed by atoms with E-state index >= 15 is 0 Å². The van der Waals surface area contributed by atoms with E-state index in [4.69, 9.17) is 9.90 Å². The van der Waals surface area contributed by atoms with Crippen LogP contribution in [0.4, 0.5) is 13.2 Å². The van der Waals surface area contributed by atoms with E-state index in [9.17, 15) is 18.0 Å². The minimum Gasteiger partial charge on any atom is -0.475 e. The number of carbonyl (C=O) groups is 2. The van der Waals surface area contributed by atoms with Crippen molar-refractivity contribution < 1.29 is 27.9 Å². The van der Waals surface area contributed by atoms with E-state index in [1.807, 2.05) is 67.6 Å². The number of rotatable bonds is 4. The highest BCUT2D eigenvalue weighted by molar-refractivity contribution is 5.93. The number of carboxylic acids is 1. The van der Waals surface area contributed by atoms with Gasteiger partial charge in [-0.1, -0.05) is 60.7 Å². The Hall–Kier alpha value is -3.62. The van der Waals surface area contributed by atoms with Crippen molar-refractivity contribution in [1.82, 2.24) is 15.3 Å². The number of carbonyl (C=O) groups excluding carboxylic acids is 1. The third-order valence-electron chi connectivity index (χ3n) is 3.76. The Morgan fingerprint density at radius 3 is 2.07 bits per heavy atom. The average Bonchev–Trinajstić information content (AvgIpc) is 3.19. The van der Waals surface area contributed by atoms with Gasteiger partial charge in [0.25, 0.3) is 5.91 Å². The number of carboxylic acid groups (broad SMARTS) is 1. The summed E-state index contributed by atoms with van der Waals surface area (Å²) in [5.74, 6) is -2.23. The van der Waals surface area contributed by atoms with Gasteiger partial charge in [0.2, 0.25) is 0 Å². The summed E-state index contributed by atoms with van der Waals surface area (Å²) >= 11 is 0. The van der Waals surface area contributed by atoms with Crippen molar-refractivity contribution in [3.63, 3.8) is 0 Å². The zero-order valence-electron chi connectivity index (χ0n) is 15.3. The molecule has 6 nitrogen and oxygen atoms in total. The topological polar surface area (TPSA) is 95.1 Å². The van der Waals surface area contributed by atoms with Crippen molar-refractivity contribution in [1.29, 1.82) is 0 Å². The third kappa shape index (κ3) is 6.49. The van der Waals surface area contributed by atoms with Crippen molar-refractivity contribution in [2.75, 3.05) is 0 Å². The van der Waals surface area contributed by atoms with Gasteiger partial charge in [0, 0.05) is 5.56 Å². The highest BCUT2D eigenvalue weighted by Gasteiger charge is 2.38. The minimum atomic E-state index is -5.08. The first-order chi connectivity index (χ1) is 13.7. The number of hydrogen-bond acceptors (Lipinski definition) is 3. The standard InChI is InChI=1S/C18H17N3O.C2HF3O2/c1-13(14-8-4-2-5-9-14)20-18(22)16-12-19-17(21-16)15-10-6-3-7-11-15;3-2(4,5)1(6)7/h2-13H,1H3,(H,19,21)(H,20,22);(H,6,7). The van der Waals surface area contributed by atoms with Crippen molar-refractivity contribution >= 4 is 11.9 Å². The van der Waals surface area contributed by atoms with E-state index in [-0.39, 0.29) is 11.9 Å². The van der Waals surface area contributed by atoms with Crippen LogP contribution in [0.2, 0.25) is 0 Å². The summed E-state index contributed by atoms with van der Waals surface area (Å²) in [6.07, 6.45) is -3.52. The maximum absolute atomic E-state index is 12.3. The lowest BCUT2D eigenvalue weighted by Crippen LogP contribution is -2.26. The summed E-state index contributed by atoms with van der Waals surface area (Å²) in [5.41, 5.74) is 2.48. The molecule has 1 atom stereocenters. The largest absolute Gasteiger partial charge is 0.490 e. The van der Waals surface area contributed by atoms with Crippen molar-refractivity contribution in [3.05, 3.63) is 78.1 Å². The number of aromatic amines is 1. The Morgan fingerprint density at radius 1 is 1.03 bits per heavy atom. The highest BCUT2D eigenvalue weighted by atomic mass is 19.4. The van der Waals surface area contributed by atoms with Gasteiger partial charge in [-0.2, -0.15) is 13.2 Å². The van der Waals surface area contributed by atoms with Gasteiger partial charge in [0.15, 0.2) is 0 Å². The van der Waals surface area contributed by atoms with Crippen molar-refractivity contribution in [2.24, 2.45) is 0 Å². The molecule has 1 aromatic heterocycles. The van der Waals surface area contributed by atoms with Crippen LogP contribution in [-0.4, -0.2) is 33.1 Å². The number of benzene rings is 2. The van der Waals surface area contributed by atoms with E-state index in [0.29, 0.717) is 11.5 Å². The molecule has 0 fully saturated rings. The molecule has 1 amide bonds. The van der Waals surface area contributed by atoms with Gasteiger partial charge in [0.05, 0.1) is 12.2 Å². The summed E-state index contributed by atoms with van der Waals surface area (Å²) in [6.45, 7) is 1.96. The van der Waals surface area contributed by atoms with Gasteiger partial charge in [-0.05, 0) is 12.5 Å². The van der Waals surface area contributed by atoms with Crippen LogP contribution in [0.3, 0.4) is 0 Å². The van der Waals surface area contributed by atoms with Crippen LogP contribution < -0.4 is 5.32 Å². The molecule has 0 aliphatic carbocycles. The zero-order chi connectivity index (χ0) is 21.4. The predicted octanol–water partition coefficient (Wildman–Crippen LogP) is 4.20. The van der Waals surface area contributed by atoms with E-state index in [0.717, 1.165) is 11.1 Å². The number of hydrogen-bond donors (Lipinski definition) is 3. The van der Waals surface area contributed by atoms with Crippen LogP contribution in [0.5, 0.6) is 0 Å². The quantitative estimate of drug-likeness (QED) is 0.606. The fraction of sp³-hybridized carbons (Fsp3) is 0.150. The molecule has 3 aromatic rings. The number of aliphatic carboxylic acids is 1. The van der Waals surface area contributed by atoms with E-state index in [1.54, 1.807) is 6.20 Å². The van der Waals surface area contributed by atoms with Gasteiger partial charge in [-0.3, -0.25) is 4.79 Å². The first-order valence-corrected chi connectivity index (χ1v) is 8.45. The molecule has 0 spiro atoms. The van der Waals surface area contributed by atoms with E-state index in [2.05, 4.69) is 15.3 Å². The van der Waals surface area contributed by atoms with Gasteiger partial charge in [-0.15, -0.1) is 0 Å². The number of halogens is 3. The van der Waals surface area contributed by atoms with Crippen LogP contribution in [-0.2, 0) is 4.79 Å². The Labute approximate surface area is 164 Å². The van der Waals surface area contributed by atoms with Crippen molar-refractivity contribution in [2.45, 2.75) is 19.1 Å². The lowest BCUT2D eigenvalue weighted by Gasteiger charge is -2.13. The number of aromatic nitrogens is 2. The number of nitrogens with zero attached hydrogens (tertiary/aromatic N) is 1. The maximum Gasteiger partial charge on any atom is 0.490 e. The first kappa shape index (κ1) is 21.7. The zero-order valence-corrected chi connectivity index (χ0v) is 15.3. The second-order valence-corrected chi connectivity index (χ2v) is 5.92. The first-order valence-electron chi connectivity index (χ1n) is 8.45. The number of nitrogens with one attached hydrogen (secondary N) is 2. The summed E-state index contributed by atoms with van der Waals surface area (Å²) < 4.78 is 31.7. The van der Waals surface area contributed by atoms with Gasteiger partial charge >= 0.3 is 12.1 Å². The molecule has 29 heavy (non-hydrogen) atoms. The number of amides is 1. The molecule has 0 bridgehead atoms. The molecule has 0 aliphatic rings. The number of imidazole rings is 1. The third-order valence-corrected chi connectivity index (χ3v) is 3.76. The van der Waals surface area contributed by atoms with Gasteiger partial charge in [-0.25, -0.2) is 9.78 Å². The van der Waals surface area contributed by atoms with E-state index in [1.165, 1.54) is 0 Å². The normalized spacial score (nSPS) is 11.7. The Morgan fingerprint density at radius 2 is 1.55 bits per heavy atom. The van der Waals surface area contributed by atoms with Crippen LogP contribution in [0, 0.1) is 0 Å². The lowest BCUT2D eigenvalue weighted by atomic mass is 10.1. The lowest BCUT2D eigenvalue weighted by molar-refractivity contribution is -0.192. The van der Waals surface area contributed by atoms with Crippen molar-refractivity contribution in [3.8, 4) is 11.4 Å². The molecule has 0 aliphatic heterocycles. The molecule has 9 heteroatoms. The number of alkyl halides is 3. The van der Waals surface area contributed by atoms with Gasteiger partial charge in [0.1, 0.15) is 11.5 Å². The molecular formula is C20H18F3N3O3. The van der Waals surface area contributed by atoms with Crippen LogP contribution in [0.1, 0.15) is 29.0 Å². The SMILES string of the molecule is CC(NC(=O)c1cnc(-c2ccccc2)[nH]1)c1ccccc1.O=C(O)C(F)(F)F. The molecule has 3 rings (SSSR count). The Kier molecular flexibility index (Phi) is 7.13. The van der Waals surface area contributed by atoms with Crippen LogP contribution >= 0.6 is 0 Å². The second kappa shape index (κ2) is 9.54. The minimum absolute atomic E-state index is 0.0582. The summed E-state index contributed by atoms with van der Waals surface area (Å²) in [6, 6.07) is 19.5. The molecule has 152 valence electrons. The summed E-state index contributed by atoms with van der Waals surface area (Å²) in [4.78, 5) is 28.5. The second-order valence-electron chi connectivity index (χ2n) is 5.92. The monoisotopic (exact) mass is 405 g/mol. The number of H-pyrrole nitrogens is 1. The van der Waals surface area contributed by atoms with Crippen LogP contribution in [0.25, 0.3) is 11.4 Å². The Bertz CT molecular complexity index is 942. The molecule has 3 N–H and O–H groups in total. The molecule has 1 unspecified atom stereocenters. The molecule has 0 saturated heterocycles. The molecule has 2 aromatic carbocycles. The summed E-state index contributed by atoms with van der Waals surface area (Å²) in [5, 5.41) is 10.1. The molecule has 0 radical (unpaired) electrons. The van der Waals surface area contributed by atoms with Gasteiger partial charge < -0.3 is 15.4 Å². The average molecular weight is 405 g/mol. The Balaban J connectivity index is 0.000000370. The van der Waals surface area contributed by atoms with Crippen LogP contribution in [0.15, 0.2) is 66.9 Å². The molecular weight excluding hydrogens is 387 g/mol. The highest BCUT2D eigenvalue weighted by Crippen LogP contribution is 2.16. The molecule has 1 heterocycles. The maximum atomic E-state index is 12.3. The summed E-state index contributed by atoms with van der Waals surface area (Å²) in [7, 11) is 0. The smallest absolute Gasteiger partial charge is 0.475 e. The predicted molar refractivity (Wildman–Crippen MR) is 100 cm³/mol. The fourth-order valence-electron chi connectivity index (χ4n) is 2.28. The molecule has 0 saturated carbocycles. The van der Waals surface area contributed by atoms with E-state index < -0.39 is 12.1 Å².